The normalized spacial score (nSPS) is 22.3. The van der Waals surface area contributed by atoms with Crippen molar-refractivity contribution >= 4 is 28.5 Å². The van der Waals surface area contributed by atoms with Crippen LogP contribution in [-0.2, 0) is 11.3 Å². The molecule has 5 nitrogen and oxygen atoms in total. The maximum absolute atomic E-state index is 11.9. The molecule has 1 amide bonds. The number of nitrogens with zero attached hydrogens (tertiary/aromatic N) is 4. The molecule has 0 aliphatic carbocycles. The Morgan fingerprint density at radius 2 is 1.96 bits per heavy atom. The molecule has 1 aromatic heterocycles. The van der Waals surface area contributed by atoms with E-state index in [9.17, 15) is 4.79 Å². The number of fused-ring (bicyclic) bond motifs is 1. The van der Waals surface area contributed by atoms with Gasteiger partial charge in [0.15, 0.2) is 0 Å². The van der Waals surface area contributed by atoms with E-state index in [0.717, 1.165) is 49.1 Å². The minimum Gasteiger partial charge on any atom is -0.322 e. The molecular weight excluding hydrogens is 348 g/mol. The summed E-state index contributed by atoms with van der Waals surface area (Å²) in [4.78, 5) is 25.0. The van der Waals surface area contributed by atoms with Crippen LogP contribution in [0.4, 0.5) is 0 Å². The molecule has 2 aliphatic rings. The molecule has 4 rings (SSSR count). The lowest BCUT2D eigenvalue weighted by molar-refractivity contribution is -0.129. The van der Waals surface area contributed by atoms with Gasteiger partial charge < -0.3 is 4.90 Å². The minimum absolute atomic E-state index is 0.226. The molecule has 2 aliphatic heterocycles. The van der Waals surface area contributed by atoms with Gasteiger partial charge in [0.1, 0.15) is 0 Å². The van der Waals surface area contributed by atoms with Crippen molar-refractivity contribution in [2.24, 2.45) is 11.8 Å². The Morgan fingerprint density at radius 3 is 2.73 bits per heavy atom. The Hall–Kier alpha value is -1.98. The summed E-state index contributed by atoms with van der Waals surface area (Å²) >= 11 is 6.26. The first-order valence-electron chi connectivity index (χ1n) is 9.15. The highest BCUT2D eigenvalue weighted by Crippen LogP contribution is 2.32. The number of carbonyl (C=O) groups excluding carboxylic acids is 1. The number of halogens is 1. The van der Waals surface area contributed by atoms with Crippen LogP contribution in [0, 0.1) is 11.8 Å². The standard InChI is InChI=1S/C20H23ClN4O/c1-24-7-2-15(11-19(24)26)14-3-8-25(9-4-14)13-16-10-17(21)12-18-20(16)23-6-5-22-18/h2,5-7,10,12,14-15H,3-4,8-9,11,13H2,1H3. The van der Waals surface area contributed by atoms with Crippen molar-refractivity contribution in [3.05, 3.63) is 47.4 Å². The van der Waals surface area contributed by atoms with Gasteiger partial charge in [-0.1, -0.05) is 17.7 Å². The molecule has 1 fully saturated rings. The fraction of sp³-hybridized carbons (Fsp3) is 0.450. The van der Waals surface area contributed by atoms with Crippen LogP contribution in [0.3, 0.4) is 0 Å². The van der Waals surface area contributed by atoms with Crippen LogP contribution in [0.2, 0.25) is 5.02 Å². The lowest BCUT2D eigenvalue weighted by Gasteiger charge is -2.36. The third-order valence-corrected chi connectivity index (χ3v) is 5.83. The van der Waals surface area contributed by atoms with Gasteiger partial charge in [-0.2, -0.15) is 0 Å². The smallest absolute Gasteiger partial charge is 0.226 e. The quantitative estimate of drug-likeness (QED) is 0.829. The molecule has 26 heavy (non-hydrogen) atoms. The zero-order valence-electron chi connectivity index (χ0n) is 14.9. The van der Waals surface area contributed by atoms with Gasteiger partial charge in [0.2, 0.25) is 5.91 Å². The van der Waals surface area contributed by atoms with Crippen LogP contribution in [0.15, 0.2) is 36.8 Å². The van der Waals surface area contributed by atoms with Crippen molar-refractivity contribution in [1.82, 2.24) is 19.8 Å². The summed E-state index contributed by atoms with van der Waals surface area (Å²) in [5.41, 5.74) is 2.91. The summed E-state index contributed by atoms with van der Waals surface area (Å²) in [6, 6.07) is 3.87. The second-order valence-corrected chi connectivity index (χ2v) is 7.75. The highest BCUT2D eigenvalue weighted by Gasteiger charge is 2.29. The van der Waals surface area contributed by atoms with E-state index in [1.54, 1.807) is 17.3 Å². The maximum atomic E-state index is 11.9. The molecule has 0 bridgehead atoms. The van der Waals surface area contributed by atoms with E-state index in [0.29, 0.717) is 23.3 Å². The first kappa shape index (κ1) is 17.4. The average Bonchev–Trinajstić information content (AvgIpc) is 2.64. The van der Waals surface area contributed by atoms with E-state index in [4.69, 9.17) is 11.6 Å². The Morgan fingerprint density at radius 1 is 1.19 bits per heavy atom. The van der Waals surface area contributed by atoms with Gasteiger partial charge in [0, 0.05) is 43.6 Å². The van der Waals surface area contributed by atoms with Crippen LogP contribution in [0.1, 0.15) is 24.8 Å². The lowest BCUT2D eigenvalue weighted by atomic mass is 9.81. The van der Waals surface area contributed by atoms with Crippen molar-refractivity contribution in [2.75, 3.05) is 20.1 Å². The molecule has 1 unspecified atom stereocenters. The van der Waals surface area contributed by atoms with Crippen LogP contribution in [-0.4, -0.2) is 45.8 Å². The van der Waals surface area contributed by atoms with Gasteiger partial charge in [0.25, 0.3) is 0 Å². The van der Waals surface area contributed by atoms with E-state index in [-0.39, 0.29) is 5.91 Å². The summed E-state index contributed by atoms with van der Waals surface area (Å²) in [5.74, 6) is 1.21. The zero-order valence-corrected chi connectivity index (χ0v) is 15.7. The van der Waals surface area contributed by atoms with E-state index in [1.165, 1.54) is 0 Å². The topological polar surface area (TPSA) is 49.3 Å². The number of hydrogen-bond acceptors (Lipinski definition) is 4. The molecule has 0 N–H and O–H groups in total. The van der Waals surface area contributed by atoms with Gasteiger partial charge in [-0.25, -0.2) is 0 Å². The molecule has 1 atom stereocenters. The highest BCUT2D eigenvalue weighted by molar-refractivity contribution is 6.31. The first-order valence-corrected chi connectivity index (χ1v) is 9.53. The molecule has 136 valence electrons. The zero-order chi connectivity index (χ0) is 18.1. The summed E-state index contributed by atoms with van der Waals surface area (Å²) < 4.78 is 0. The summed E-state index contributed by atoms with van der Waals surface area (Å²) in [5, 5.41) is 0.706. The van der Waals surface area contributed by atoms with Gasteiger partial charge in [-0.15, -0.1) is 0 Å². The third kappa shape index (κ3) is 3.60. The van der Waals surface area contributed by atoms with Crippen molar-refractivity contribution in [3.63, 3.8) is 0 Å². The lowest BCUT2D eigenvalue weighted by Crippen LogP contribution is -2.38. The van der Waals surface area contributed by atoms with Crippen LogP contribution < -0.4 is 0 Å². The Bertz CT molecular complexity index is 845. The molecule has 3 heterocycles. The second-order valence-electron chi connectivity index (χ2n) is 7.32. The second kappa shape index (κ2) is 7.33. The first-order chi connectivity index (χ1) is 12.6. The number of piperidine rings is 1. The maximum Gasteiger partial charge on any atom is 0.226 e. The molecule has 6 heteroatoms. The predicted molar refractivity (Wildman–Crippen MR) is 103 cm³/mol. The summed E-state index contributed by atoms with van der Waals surface area (Å²) in [6.07, 6.45) is 10.5. The molecule has 1 saturated heterocycles. The molecule has 0 spiro atoms. The number of aromatic nitrogens is 2. The Balaban J connectivity index is 1.42. The van der Waals surface area contributed by atoms with Crippen molar-refractivity contribution < 1.29 is 4.79 Å². The van der Waals surface area contributed by atoms with E-state index in [2.05, 4.69) is 20.9 Å². The van der Waals surface area contributed by atoms with Gasteiger partial charge in [0.05, 0.1) is 11.0 Å². The Kier molecular flexibility index (Phi) is 4.92. The number of likely N-dealkylation sites (tertiary alicyclic amines) is 1. The van der Waals surface area contributed by atoms with Gasteiger partial charge in [-0.3, -0.25) is 19.7 Å². The fourth-order valence-corrected chi connectivity index (χ4v) is 4.30. The predicted octanol–water partition coefficient (Wildman–Crippen LogP) is 3.49. The van der Waals surface area contributed by atoms with Crippen molar-refractivity contribution in [3.8, 4) is 0 Å². The average molecular weight is 371 g/mol. The number of carbonyl (C=O) groups is 1. The Labute approximate surface area is 158 Å². The summed E-state index contributed by atoms with van der Waals surface area (Å²) in [6.45, 7) is 2.91. The monoisotopic (exact) mass is 370 g/mol. The largest absolute Gasteiger partial charge is 0.322 e. The SMILES string of the molecule is CN1C=CC(C2CCN(Cc3cc(Cl)cc4nccnc34)CC2)CC1=O. The molecule has 1 aromatic carbocycles. The van der Waals surface area contributed by atoms with E-state index < -0.39 is 0 Å². The number of amides is 1. The van der Waals surface area contributed by atoms with Crippen molar-refractivity contribution in [2.45, 2.75) is 25.8 Å². The highest BCUT2D eigenvalue weighted by atomic mass is 35.5. The molecule has 0 saturated carbocycles. The third-order valence-electron chi connectivity index (χ3n) is 5.61. The minimum atomic E-state index is 0.226. The number of benzene rings is 1. The van der Waals surface area contributed by atoms with Crippen molar-refractivity contribution in [1.29, 1.82) is 0 Å². The van der Waals surface area contributed by atoms with E-state index >= 15 is 0 Å². The molecule has 2 aromatic rings. The van der Waals surface area contributed by atoms with Crippen LogP contribution in [0.25, 0.3) is 11.0 Å². The van der Waals surface area contributed by atoms with Crippen LogP contribution in [0.5, 0.6) is 0 Å². The number of rotatable bonds is 3. The van der Waals surface area contributed by atoms with Crippen LogP contribution >= 0.6 is 11.6 Å². The fourth-order valence-electron chi connectivity index (χ4n) is 4.07. The molecular formula is C20H23ClN4O. The molecule has 0 radical (unpaired) electrons. The van der Waals surface area contributed by atoms with Gasteiger partial charge >= 0.3 is 0 Å². The van der Waals surface area contributed by atoms with Gasteiger partial charge in [-0.05, 0) is 55.5 Å². The number of hydrogen-bond donors (Lipinski definition) is 0. The number of allylic oxidation sites excluding steroid dienone is 1. The van der Waals surface area contributed by atoms with E-state index in [1.807, 2.05) is 25.4 Å². The summed E-state index contributed by atoms with van der Waals surface area (Å²) in [7, 11) is 1.83.